The van der Waals surface area contributed by atoms with E-state index in [2.05, 4.69) is 20.8 Å². The van der Waals surface area contributed by atoms with Crippen LogP contribution in [0.15, 0.2) is 0 Å². The normalized spacial score (nSPS) is 26.9. The fraction of sp³-hybridized carbons (Fsp3) is 0.909. The first-order valence-electron chi connectivity index (χ1n) is 5.02. The zero-order valence-corrected chi connectivity index (χ0v) is 8.52. The summed E-state index contributed by atoms with van der Waals surface area (Å²) in [6, 6.07) is 0. The highest BCUT2D eigenvalue weighted by Gasteiger charge is 2.26. The topological polar surface area (TPSA) is 17.1 Å². The molecular weight excluding hydrogens is 148 g/mol. The Morgan fingerprint density at radius 2 is 1.83 bits per heavy atom. The number of carbonyl (C=O) groups excluding carboxylic acids is 1. The second kappa shape index (κ2) is 3.59. The van der Waals surface area contributed by atoms with Crippen LogP contribution in [0.25, 0.3) is 0 Å². The van der Waals surface area contributed by atoms with Crippen LogP contribution in [0.1, 0.15) is 52.9 Å². The van der Waals surface area contributed by atoms with Crippen LogP contribution in [0.3, 0.4) is 0 Å². The molecule has 0 spiro atoms. The highest BCUT2D eigenvalue weighted by Crippen LogP contribution is 2.35. The van der Waals surface area contributed by atoms with Crippen molar-refractivity contribution in [2.75, 3.05) is 0 Å². The molecule has 70 valence electrons. The third kappa shape index (κ3) is 2.62. The van der Waals surface area contributed by atoms with Crippen LogP contribution < -0.4 is 0 Å². The molecule has 0 aromatic heterocycles. The molecule has 1 aliphatic rings. The molecule has 0 aromatic rings. The van der Waals surface area contributed by atoms with E-state index < -0.39 is 0 Å². The molecule has 0 N–H and O–H groups in total. The first-order chi connectivity index (χ1) is 5.50. The molecule has 12 heavy (non-hydrogen) atoms. The van der Waals surface area contributed by atoms with Crippen molar-refractivity contribution >= 4 is 5.78 Å². The van der Waals surface area contributed by atoms with E-state index in [9.17, 15) is 4.79 Å². The van der Waals surface area contributed by atoms with E-state index in [0.717, 1.165) is 31.6 Å². The fourth-order valence-corrected chi connectivity index (χ4v) is 2.02. The van der Waals surface area contributed by atoms with Crippen LogP contribution in [0.5, 0.6) is 0 Å². The zero-order valence-electron chi connectivity index (χ0n) is 8.52. The Morgan fingerprint density at radius 3 is 2.42 bits per heavy atom. The van der Waals surface area contributed by atoms with Crippen molar-refractivity contribution in [2.24, 2.45) is 11.3 Å². The standard InChI is InChI=1S/C11H20O/c1-11(2,3)9-5-4-6-10(12)8-7-9/h9H,4-8H2,1-3H3/t9-/m1/s1. The van der Waals surface area contributed by atoms with Gasteiger partial charge in [0, 0.05) is 12.8 Å². The van der Waals surface area contributed by atoms with Crippen molar-refractivity contribution in [2.45, 2.75) is 52.9 Å². The summed E-state index contributed by atoms with van der Waals surface area (Å²) in [5, 5.41) is 0. The minimum Gasteiger partial charge on any atom is -0.300 e. The lowest BCUT2D eigenvalue weighted by Gasteiger charge is -2.29. The Bertz CT molecular complexity index is 164. The largest absolute Gasteiger partial charge is 0.300 e. The summed E-state index contributed by atoms with van der Waals surface area (Å²) >= 11 is 0. The molecular formula is C11H20O. The molecule has 1 saturated carbocycles. The van der Waals surface area contributed by atoms with Crippen molar-refractivity contribution in [3.63, 3.8) is 0 Å². The molecule has 0 amide bonds. The zero-order chi connectivity index (χ0) is 9.19. The maximum Gasteiger partial charge on any atom is 0.132 e. The van der Waals surface area contributed by atoms with Crippen LogP contribution in [-0.4, -0.2) is 5.78 Å². The molecule has 0 aromatic carbocycles. The van der Waals surface area contributed by atoms with Gasteiger partial charge in [-0.2, -0.15) is 0 Å². The van der Waals surface area contributed by atoms with Crippen molar-refractivity contribution < 1.29 is 4.79 Å². The number of Topliss-reactive ketones (excluding diaryl/α,β-unsaturated/α-hetero) is 1. The Balaban J connectivity index is 2.52. The Labute approximate surface area is 75.5 Å². The van der Waals surface area contributed by atoms with Gasteiger partial charge in [0.25, 0.3) is 0 Å². The maximum atomic E-state index is 11.2. The third-order valence-corrected chi connectivity index (χ3v) is 3.00. The van der Waals surface area contributed by atoms with Crippen molar-refractivity contribution in [3.8, 4) is 0 Å². The minimum atomic E-state index is 0.393. The molecule has 1 fully saturated rings. The predicted octanol–water partition coefficient (Wildman–Crippen LogP) is 3.18. The first-order valence-corrected chi connectivity index (χ1v) is 5.02. The number of rotatable bonds is 0. The van der Waals surface area contributed by atoms with Gasteiger partial charge in [-0.05, 0) is 30.6 Å². The van der Waals surface area contributed by atoms with Gasteiger partial charge in [0.15, 0.2) is 0 Å². The molecule has 1 nitrogen and oxygen atoms in total. The smallest absolute Gasteiger partial charge is 0.132 e. The molecule has 1 atom stereocenters. The lowest BCUT2D eigenvalue weighted by molar-refractivity contribution is -0.119. The monoisotopic (exact) mass is 168 g/mol. The summed E-state index contributed by atoms with van der Waals surface area (Å²) in [6.45, 7) is 6.86. The second-order valence-electron chi connectivity index (χ2n) is 5.03. The van der Waals surface area contributed by atoms with E-state index in [1.54, 1.807) is 0 Å². The maximum absolute atomic E-state index is 11.2. The molecule has 1 aliphatic carbocycles. The van der Waals surface area contributed by atoms with Gasteiger partial charge in [-0.1, -0.05) is 20.8 Å². The van der Waals surface area contributed by atoms with Crippen LogP contribution in [-0.2, 0) is 4.79 Å². The van der Waals surface area contributed by atoms with E-state index >= 15 is 0 Å². The molecule has 0 heterocycles. The number of hydrogen-bond acceptors (Lipinski definition) is 1. The minimum absolute atomic E-state index is 0.393. The van der Waals surface area contributed by atoms with Gasteiger partial charge in [0.2, 0.25) is 0 Å². The highest BCUT2D eigenvalue weighted by atomic mass is 16.1. The van der Waals surface area contributed by atoms with Crippen molar-refractivity contribution in [3.05, 3.63) is 0 Å². The third-order valence-electron chi connectivity index (χ3n) is 3.00. The summed E-state index contributed by atoms with van der Waals surface area (Å²) in [6.07, 6.45) is 5.12. The summed E-state index contributed by atoms with van der Waals surface area (Å²) in [4.78, 5) is 11.2. The van der Waals surface area contributed by atoms with Crippen LogP contribution in [0.2, 0.25) is 0 Å². The summed E-state index contributed by atoms with van der Waals surface area (Å²) < 4.78 is 0. The van der Waals surface area contributed by atoms with E-state index in [0.29, 0.717) is 11.2 Å². The number of carbonyl (C=O) groups is 1. The lowest BCUT2D eigenvalue weighted by Crippen LogP contribution is -2.19. The molecule has 1 rings (SSSR count). The highest BCUT2D eigenvalue weighted by molar-refractivity contribution is 5.78. The summed E-state index contributed by atoms with van der Waals surface area (Å²) in [7, 11) is 0. The van der Waals surface area contributed by atoms with Crippen LogP contribution in [0, 0.1) is 11.3 Å². The predicted molar refractivity (Wildman–Crippen MR) is 51.0 cm³/mol. The van der Waals surface area contributed by atoms with Gasteiger partial charge in [-0.3, -0.25) is 4.79 Å². The van der Waals surface area contributed by atoms with E-state index in [1.807, 2.05) is 0 Å². The average Bonchev–Trinajstić information content (AvgIpc) is 2.11. The second-order valence-corrected chi connectivity index (χ2v) is 5.03. The van der Waals surface area contributed by atoms with Crippen LogP contribution >= 0.6 is 0 Å². The van der Waals surface area contributed by atoms with Gasteiger partial charge < -0.3 is 0 Å². The first kappa shape index (κ1) is 9.76. The average molecular weight is 168 g/mol. The Hall–Kier alpha value is -0.330. The number of hydrogen-bond donors (Lipinski definition) is 0. The summed E-state index contributed by atoms with van der Waals surface area (Å²) in [5.41, 5.74) is 0.393. The van der Waals surface area contributed by atoms with E-state index in [4.69, 9.17) is 0 Å². The molecule has 1 heteroatoms. The molecule has 0 unspecified atom stereocenters. The van der Waals surface area contributed by atoms with Crippen molar-refractivity contribution in [1.29, 1.82) is 0 Å². The SMILES string of the molecule is CC(C)(C)[C@@H]1CCCC(=O)CC1. The number of ketones is 1. The molecule has 0 radical (unpaired) electrons. The molecule has 0 bridgehead atoms. The summed E-state index contributed by atoms with van der Waals surface area (Å²) in [5.74, 6) is 1.23. The van der Waals surface area contributed by atoms with Gasteiger partial charge in [0.1, 0.15) is 5.78 Å². The lowest BCUT2D eigenvalue weighted by atomic mass is 9.76. The Morgan fingerprint density at radius 1 is 1.17 bits per heavy atom. The van der Waals surface area contributed by atoms with Gasteiger partial charge in [-0.15, -0.1) is 0 Å². The van der Waals surface area contributed by atoms with E-state index in [1.165, 1.54) is 6.42 Å². The van der Waals surface area contributed by atoms with Crippen LogP contribution in [0.4, 0.5) is 0 Å². The molecule has 0 saturated heterocycles. The fourth-order valence-electron chi connectivity index (χ4n) is 2.02. The quantitative estimate of drug-likeness (QED) is 0.508. The van der Waals surface area contributed by atoms with Gasteiger partial charge in [-0.25, -0.2) is 0 Å². The van der Waals surface area contributed by atoms with E-state index in [-0.39, 0.29) is 0 Å². The van der Waals surface area contributed by atoms with Gasteiger partial charge in [0.05, 0.1) is 0 Å². The molecule has 0 aliphatic heterocycles. The van der Waals surface area contributed by atoms with Gasteiger partial charge >= 0.3 is 0 Å². The van der Waals surface area contributed by atoms with Crippen molar-refractivity contribution in [1.82, 2.24) is 0 Å². The Kier molecular flexibility index (Phi) is 2.92.